The van der Waals surface area contributed by atoms with E-state index >= 15 is 0 Å². The van der Waals surface area contributed by atoms with Crippen LogP contribution in [0.5, 0.6) is 0 Å². The fourth-order valence-electron chi connectivity index (χ4n) is 4.35. The number of rotatable bonds is 5. The van der Waals surface area contributed by atoms with Gasteiger partial charge in [-0.3, -0.25) is 4.90 Å². The second-order valence-corrected chi connectivity index (χ2v) is 7.95. The van der Waals surface area contributed by atoms with Gasteiger partial charge in [-0.1, -0.05) is 18.6 Å². The average molecular weight is 356 g/mol. The van der Waals surface area contributed by atoms with E-state index in [4.69, 9.17) is 9.97 Å². The molecule has 1 aliphatic carbocycles. The van der Waals surface area contributed by atoms with Crippen molar-refractivity contribution in [3.63, 3.8) is 0 Å². The molecule has 0 atom stereocenters. The van der Waals surface area contributed by atoms with Crippen LogP contribution in [0.15, 0.2) is 18.3 Å². The zero-order chi connectivity index (χ0) is 17.8. The second kappa shape index (κ2) is 8.49. The molecule has 0 amide bonds. The smallest absolute Gasteiger partial charge is 0.225 e. The lowest BCUT2D eigenvalue weighted by Crippen LogP contribution is -2.52. The standard InChI is InChI=1S/C21H33N5/c1-2-3-4-10-24-11-8-18-17-22-21(23-20(18)9-12-24)26-15-13-25(14-16-26)19-6-5-7-19/h2-3,17,19H,4-16H2,1H3/b3-2-. The normalized spacial score (nSPS) is 23.0. The monoisotopic (exact) mass is 355 g/mol. The minimum atomic E-state index is 0.860. The molecule has 2 aliphatic heterocycles. The Balaban J connectivity index is 1.34. The van der Waals surface area contributed by atoms with Gasteiger partial charge in [-0.05, 0) is 38.2 Å². The van der Waals surface area contributed by atoms with Gasteiger partial charge < -0.3 is 9.80 Å². The first-order valence-corrected chi connectivity index (χ1v) is 10.5. The van der Waals surface area contributed by atoms with Crippen molar-refractivity contribution in [2.45, 2.75) is 51.5 Å². The van der Waals surface area contributed by atoms with Crippen molar-refractivity contribution in [3.05, 3.63) is 29.6 Å². The zero-order valence-electron chi connectivity index (χ0n) is 16.2. The van der Waals surface area contributed by atoms with Crippen molar-refractivity contribution in [2.24, 2.45) is 0 Å². The van der Waals surface area contributed by atoms with Crippen molar-refractivity contribution in [1.82, 2.24) is 19.8 Å². The molecule has 3 heterocycles. The second-order valence-electron chi connectivity index (χ2n) is 7.95. The molecule has 4 rings (SSSR count). The van der Waals surface area contributed by atoms with Gasteiger partial charge in [-0.15, -0.1) is 0 Å². The largest absolute Gasteiger partial charge is 0.338 e. The summed E-state index contributed by atoms with van der Waals surface area (Å²) < 4.78 is 0. The Morgan fingerprint density at radius 1 is 1.08 bits per heavy atom. The Morgan fingerprint density at radius 3 is 2.62 bits per heavy atom. The highest BCUT2D eigenvalue weighted by Crippen LogP contribution is 2.26. The first-order chi connectivity index (χ1) is 12.8. The first kappa shape index (κ1) is 17.9. The van der Waals surface area contributed by atoms with Crippen LogP contribution >= 0.6 is 0 Å². The van der Waals surface area contributed by atoms with E-state index in [2.05, 4.69) is 40.0 Å². The third-order valence-electron chi connectivity index (χ3n) is 6.34. The summed E-state index contributed by atoms with van der Waals surface area (Å²) in [5.41, 5.74) is 2.64. The molecule has 0 unspecified atom stereocenters. The molecule has 5 nitrogen and oxygen atoms in total. The highest BCUT2D eigenvalue weighted by Gasteiger charge is 2.28. The van der Waals surface area contributed by atoms with E-state index in [1.807, 2.05) is 0 Å². The molecule has 2 fully saturated rings. The molecule has 0 bridgehead atoms. The minimum Gasteiger partial charge on any atom is -0.338 e. The van der Waals surface area contributed by atoms with E-state index in [-0.39, 0.29) is 0 Å². The van der Waals surface area contributed by atoms with Crippen molar-refractivity contribution in [2.75, 3.05) is 50.7 Å². The molecule has 0 radical (unpaired) electrons. The van der Waals surface area contributed by atoms with Crippen LogP contribution in [0.1, 0.15) is 43.9 Å². The summed E-state index contributed by atoms with van der Waals surface area (Å²) in [7, 11) is 0. The summed E-state index contributed by atoms with van der Waals surface area (Å²) in [6.45, 7) is 10.00. The van der Waals surface area contributed by atoms with Crippen LogP contribution in [0.4, 0.5) is 5.95 Å². The molecular formula is C21H33N5. The van der Waals surface area contributed by atoms with Crippen molar-refractivity contribution >= 4 is 5.95 Å². The van der Waals surface area contributed by atoms with Crippen molar-refractivity contribution < 1.29 is 0 Å². The molecule has 0 N–H and O–H groups in total. The van der Waals surface area contributed by atoms with Crippen LogP contribution < -0.4 is 4.90 Å². The van der Waals surface area contributed by atoms with E-state index in [0.29, 0.717) is 0 Å². The highest BCUT2D eigenvalue weighted by molar-refractivity contribution is 5.34. The SMILES string of the molecule is C/C=C\CCN1CCc2cnc(N3CCN(C4CCC4)CC3)nc2CC1. The van der Waals surface area contributed by atoms with Gasteiger partial charge in [0.05, 0.1) is 5.69 Å². The van der Waals surface area contributed by atoms with E-state index in [1.165, 1.54) is 43.6 Å². The third kappa shape index (κ3) is 4.09. The van der Waals surface area contributed by atoms with Gasteiger partial charge >= 0.3 is 0 Å². The summed E-state index contributed by atoms with van der Waals surface area (Å²) in [6, 6.07) is 0.860. The number of aromatic nitrogens is 2. The molecule has 0 aromatic carbocycles. The maximum atomic E-state index is 4.99. The van der Waals surface area contributed by atoms with E-state index < -0.39 is 0 Å². The van der Waals surface area contributed by atoms with E-state index in [1.54, 1.807) is 0 Å². The van der Waals surface area contributed by atoms with E-state index in [0.717, 1.165) is 64.0 Å². The number of piperazine rings is 1. The zero-order valence-corrected chi connectivity index (χ0v) is 16.2. The van der Waals surface area contributed by atoms with Crippen LogP contribution in [0.3, 0.4) is 0 Å². The predicted octanol–water partition coefficient (Wildman–Crippen LogP) is 2.52. The van der Waals surface area contributed by atoms with Gasteiger partial charge in [-0.2, -0.15) is 0 Å². The number of hydrogen-bond donors (Lipinski definition) is 0. The Bertz CT molecular complexity index is 617. The van der Waals surface area contributed by atoms with Gasteiger partial charge in [0.15, 0.2) is 0 Å². The van der Waals surface area contributed by atoms with Crippen LogP contribution in [0.25, 0.3) is 0 Å². The number of hydrogen-bond acceptors (Lipinski definition) is 5. The third-order valence-corrected chi connectivity index (χ3v) is 6.34. The summed E-state index contributed by atoms with van der Waals surface area (Å²) in [6.07, 6.45) is 14.0. The average Bonchev–Trinajstić information content (AvgIpc) is 2.83. The first-order valence-electron chi connectivity index (χ1n) is 10.5. The number of anilines is 1. The molecular weight excluding hydrogens is 322 g/mol. The molecule has 26 heavy (non-hydrogen) atoms. The Hall–Kier alpha value is -1.46. The van der Waals surface area contributed by atoms with Crippen LogP contribution in [0.2, 0.25) is 0 Å². The summed E-state index contributed by atoms with van der Waals surface area (Å²) in [5.74, 6) is 0.958. The van der Waals surface area contributed by atoms with Crippen molar-refractivity contribution in [3.8, 4) is 0 Å². The summed E-state index contributed by atoms with van der Waals surface area (Å²) in [4.78, 5) is 17.3. The topological polar surface area (TPSA) is 35.5 Å². The predicted molar refractivity (Wildman–Crippen MR) is 107 cm³/mol. The number of allylic oxidation sites excluding steroid dienone is 1. The fourth-order valence-corrected chi connectivity index (χ4v) is 4.35. The number of fused-ring (bicyclic) bond motifs is 1. The maximum Gasteiger partial charge on any atom is 0.225 e. The van der Waals surface area contributed by atoms with Gasteiger partial charge in [0.2, 0.25) is 5.95 Å². The highest BCUT2D eigenvalue weighted by atomic mass is 15.3. The molecule has 3 aliphatic rings. The van der Waals surface area contributed by atoms with Gasteiger partial charge in [0.25, 0.3) is 0 Å². The van der Waals surface area contributed by atoms with Gasteiger partial charge in [0.1, 0.15) is 0 Å². The molecule has 1 aromatic heterocycles. The molecule has 0 spiro atoms. The Morgan fingerprint density at radius 2 is 1.88 bits per heavy atom. The Kier molecular flexibility index (Phi) is 5.85. The molecule has 1 aromatic rings. The lowest BCUT2D eigenvalue weighted by Gasteiger charge is -2.43. The quantitative estimate of drug-likeness (QED) is 0.759. The minimum absolute atomic E-state index is 0.860. The summed E-state index contributed by atoms with van der Waals surface area (Å²) >= 11 is 0. The maximum absolute atomic E-state index is 4.99. The summed E-state index contributed by atoms with van der Waals surface area (Å²) in [5, 5.41) is 0. The van der Waals surface area contributed by atoms with Crippen LogP contribution in [-0.4, -0.2) is 71.6 Å². The Labute approximate surface area is 158 Å². The van der Waals surface area contributed by atoms with Crippen molar-refractivity contribution in [1.29, 1.82) is 0 Å². The molecule has 1 saturated heterocycles. The molecule has 5 heteroatoms. The molecule has 142 valence electrons. The van der Waals surface area contributed by atoms with Crippen LogP contribution in [0, 0.1) is 0 Å². The van der Waals surface area contributed by atoms with Crippen LogP contribution in [-0.2, 0) is 12.8 Å². The molecule has 1 saturated carbocycles. The lowest BCUT2D eigenvalue weighted by molar-refractivity contribution is 0.120. The van der Waals surface area contributed by atoms with E-state index in [9.17, 15) is 0 Å². The lowest BCUT2D eigenvalue weighted by atomic mass is 9.91. The fraction of sp³-hybridized carbons (Fsp3) is 0.714. The van der Waals surface area contributed by atoms with Gasteiger partial charge in [0, 0.05) is 64.5 Å². The number of nitrogens with zero attached hydrogens (tertiary/aromatic N) is 5. The van der Waals surface area contributed by atoms with Gasteiger partial charge in [-0.25, -0.2) is 9.97 Å².